The van der Waals surface area contributed by atoms with E-state index in [2.05, 4.69) is 10.6 Å². The average molecular weight is 217 g/mol. The number of thiophene rings is 1. The molecule has 2 heterocycles. The third-order valence-electron chi connectivity index (χ3n) is 1.97. The summed E-state index contributed by atoms with van der Waals surface area (Å²) in [5.41, 5.74) is 0. The van der Waals surface area contributed by atoms with E-state index >= 15 is 0 Å². The molecule has 13 heavy (non-hydrogen) atoms. The van der Waals surface area contributed by atoms with Gasteiger partial charge in [-0.15, -0.1) is 11.3 Å². The molecule has 3 nitrogen and oxygen atoms in total. The first-order valence-corrected chi connectivity index (χ1v) is 5.23. The predicted molar refractivity (Wildman–Crippen MR) is 52.8 cm³/mol. The molecule has 1 fully saturated rings. The zero-order valence-corrected chi connectivity index (χ0v) is 8.58. The number of nitrogens with one attached hydrogen (secondary N) is 2. The highest BCUT2D eigenvalue weighted by Gasteiger charge is 2.28. The smallest absolute Gasteiger partial charge is 0.238 e. The lowest BCUT2D eigenvalue weighted by Gasteiger charge is -2.06. The molecule has 1 aromatic rings. The van der Waals surface area contributed by atoms with Crippen LogP contribution in [0.1, 0.15) is 18.0 Å². The minimum Gasteiger partial charge on any atom is -0.335 e. The van der Waals surface area contributed by atoms with Crippen LogP contribution in [-0.4, -0.2) is 11.9 Å². The molecule has 1 aliphatic rings. The molecule has 1 aliphatic heterocycles. The first-order valence-electron chi connectivity index (χ1n) is 3.97. The largest absolute Gasteiger partial charge is 0.335 e. The molecule has 0 aromatic carbocycles. The highest BCUT2D eigenvalue weighted by atomic mass is 35.5. The van der Waals surface area contributed by atoms with Crippen molar-refractivity contribution in [2.45, 2.75) is 19.1 Å². The van der Waals surface area contributed by atoms with Crippen LogP contribution in [-0.2, 0) is 4.79 Å². The lowest BCUT2D eigenvalue weighted by molar-refractivity contribution is -0.120. The average Bonchev–Trinajstić information content (AvgIpc) is 2.61. The third kappa shape index (κ3) is 1.70. The fourth-order valence-electron chi connectivity index (χ4n) is 1.27. The standard InChI is InChI=1S/C8H9ClN2OS/c1-4-8(12)11-7(10-4)6-2-5(9)3-13-6/h2-4,7,10H,1H3,(H,11,12). The Kier molecular flexibility index (Phi) is 2.27. The normalized spacial score (nSPS) is 27.7. The quantitative estimate of drug-likeness (QED) is 0.747. The highest BCUT2D eigenvalue weighted by molar-refractivity contribution is 7.10. The van der Waals surface area contributed by atoms with Gasteiger partial charge in [0.25, 0.3) is 0 Å². The van der Waals surface area contributed by atoms with E-state index in [1.165, 1.54) is 0 Å². The summed E-state index contributed by atoms with van der Waals surface area (Å²) in [5.74, 6) is 0.0366. The van der Waals surface area contributed by atoms with E-state index in [0.717, 1.165) is 9.90 Å². The Bertz CT molecular complexity index is 339. The van der Waals surface area contributed by atoms with Crippen LogP contribution in [0.2, 0.25) is 5.02 Å². The van der Waals surface area contributed by atoms with E-state index in [9.17, 15) is 4.79 Å². The zero-order valence-electron chi connectivity index (χ0n) is 7.00. The van der Waals surface area contributed by atoms with Gasteiger partial charge in [0.05, 0.1) is 11.1 Å². The molecular formula is C8H9ClN2OS. The maximum absolute atomic E-state index is 11.2. The van der Waals surface area contributed by atoms with Gasteiger partial charge in [-0.2, -0.15) is 0 Å². The molecule has 70 valence electrons. The monoisotopic (exact) mass is 216 g/mol. The Morgan fingerprint density at radius 2 is 2.38 bits per heavy atom. The maximum atomic E-state index is 11.2. The number of hydrogen-bond donors (Lipinski definition) is 2. The van der Waals surface area contributed by atoms with E-state index in [1.54, 1.807) is 11.3 Å². The molecule has 2 unspecified atom stereocenters. The number of hydrogen-bond acceptors (Lipinski definition) is 3. The second-order valence-electron chi connectivity index (χ2n) is 3.00. The number of rotatable bonds is 1. The molecule has 1 amide bonds. The Hall–Kier alpha value is -0.580. The summed E-state index contributed by atoms with van der Waals surface area (Å²) in [4.78, 5) is 12.2. The van der Waals surface area contributed by atoms with Gasteiger partial charge in [-0.05, 0) is 13.0 Å². The van der Waals surface area contributed by atoms with Crippen molar-refractivity contribution in [2.75, 3.05) is 0 Å². The van der Waals surface area contributed by atoms with Crippen molar-refractivity contribution in [1.82, 2.24) is 10.6 Å². The van der Waals surface area contributed by atoms with Gasteiger partial charge in [-0.25, -0.2) is 0 Å². The summed E-state index contributed by atoms with van der Waals surface area (Å²) in [7, 11) is 0. The molecule has 0 saturated carbocycles. The highest BCUT2D eigenvalue weighted by Crippen LogP contribution is 2.25. The van der Waals surface area contributed by atoms with Crippen molar-refractivity contribution in [1.29, 1.82) is 0 Å². The van der Waals surface area contributed by atoms with Gasteiger partial charge in [-0.1, -0.05) is 11.6 Å². The van der Waals surface area contributed by atoms with Gasteiger partial charge < -0.3 is 5.32 Å². The summed E-state index contributed by atoms with van der Waals surface area (Å²) >= 11 is 7.32. The molecule has 2 rings (SSSR count). The van der Waals surface area contributed by atoms with Gasteiger partial charge >= 0.3 is 0 Å². The van der Waals surface area contributed by atoms with Crippen LogP contribution in [0.15, 0.2) is 11.4 Å². The van der Waals surface area contributed by atoms with E-state index in [1.807, 2.05) is 18.4 Å². The fourth-order valence-corrected chi connectivity index (χ4v) is 2.36. The molecule has 0 radical (unpaired) electrons. The second-order valence-corrected chi connectivity index (χ2v) is 4.38. The summed E-state index contributed by atoms with van der Waals surface area (Å²) < 4.78 is 0. The number of carbonyl (C=O) groups excluding carboxylic acids is 1. The third-order valence-corrected chi connectivity index (χ3v) is 3.31. The summed E-state index contributed by atoms with van der Waals surface area (Å²) in [6, 6.07) is 1.74. The lowest BCUT2D eigenvalue weighted by atomic mass is 10.3. The zero-order chi connectivity index (χ0) is 9.42. The van der Waals surface area contributed by atoms with E-state index in [-0.39, 0.29) is 18.1 Å². The molecule has 0 aliphatic carbocycles. The maximum Gasteiger partial charge on any atom is 0.238 e. The van der Waals surface area contributed by atoms with E-state index < -0.39 is 0 Å². The van der Waals surface area contributed by atoms with Crippen LogP contribution in [0.3, 0.4) is 0 Å². The fraction of sp³-hybridized carbons (Fsp3) is 0.375. The topological polar surface area (TPSA) is 41.1 Å². The predicted octanol–water partition coefficient (Wildman–Crippen LogP) is 1.51. The molecule has 2 N–H and O–H groups in total. The van der Waals surface area contributed by atoms with Gasteiger partial charge in [0, 0.05) is 10.3 Å². The van der Waals surface area contributed by atoms with Crippen LogP contribution >= 0.6 is 22.9 Å². The van der Waals surface area contributed by atoms with Crippen molar-refractivity contribution in [3.8, 4) is 0 Å². The SMILES string of the molecule is CC1NC(c2cc(Cl)cs2)NC1=O. The Morgan fingerprint density at radius 1 is 1.62 bits per heavy atom. The molecule has 5 heteroatoms. The minimum absolute atomic E-state index is 0.0366. The number of amides is 1. The Morgan fingerprint density at radius 3 is 2.85 bits per heavy atom. The summed E-state index contributed by atoms with van der Waals surface area (Å²) in [6.07, 6.45) is -0.0694. The van der Waals surface area contributed by atoms with Gasteiger partial charge in [0.2, 0.25) is 5.91 Å². The van der Waals surface area contributed by atoms with Crippen molar-refractivity contribution in [2.24, 2.45) is 0 Å². The van der Waals surface area contributed by atoms with Crippen LogP contribution in [0, 0.1) is 0 Å². The van der Waals surface area contributed by atoms with Gasteiger partial charge in [0.15, 0.2) is 0 Å². The van der Waals surface area contributed by atoms with Crippen LogP contribution in [0.25, 0.3) is 0 Å². The molecule has 1 aromatic heterocycles. The van der Waals surface area contributed by atoms with Crippen LogP contribution in [0.4, 0.5) is 0 Å². The van der Waals surface area contributed by atoms with Gasteiger partial charge in [-0.3, -0.25) is 10.1 Å². The number of halogens is 1. The van der Waals surface area contributed by atoms with Crippen LogP contribution < -0.4 is 10.6 Å². The molecular weight excluding hydrogens is 208 g/mol. The van der Waals surface area contributed by atoms with E-state index in [4.69, 9.17) is 11.6 Å². The summed E-state index contributed by atoms with van der Waals surface area (Å²) in [6.45, 7) is 1.84. The van der Waals surface area contributed by atoms with E-state index in [0.29, 0.717) is 0 Å². The molecule has 1 saturated heterocycles. The molecule has 2 atom stereocenters. The first kappa shape index (κ1) is 8.99. The Labute approximate surface area is 85.1 Å². The number of carbonyl (C=O) groups is 1. The van der Waals surface area contributed by atoms with Gasteiger partial charge in [0.1, 0.15) is 6.17 Å². The minimum atomic E-state index is -0.120. The summed E-state index contributed by atoms with van der Waals surface area (Å²) in [5, 5.41) is 8.53. The molecule has 0 bridgehead atoms. The lowest BCUT2D eigenvalue weighted by Crippen LogP contribution is -2.24. The first-order chi connectivity index (χ1) is 6.16. The molecule has 0 spiro atoms. The Balaban J connectivity index is 2.16. The van der Waals surface area contributed by atoms with Crippen molar-refractivity contribution in [3.05, 3.63) is 21.3 Å². The van der Waals surface area contributed by atoms with Crippen molar-refractivity contribution >= 4 is 28.8 Å². The van der Waals surface area contributed by atoms with Crippen molar-refractivity contribution < 1.29 is 4.79 Å². The van der Waals surface area contributed by atoms with Crippen LogP contribution in [0.5, 0.6) is 0 Å². The van der Waals surface area contributed by atoms with Crippen molar-refractivity contribution in [3.63, 3.8) is 0 Å². The second kappa shape index (κ2) is 3.29.